The first-order valence-electron chi connectivity index (χ1n) is 6.66. The molecule has 0 aliphatic carbocycles. The van der Waals surface area contributed by atoms with Gasteiger partial charge < -0.3 is 15.0 Å². The summed E-state index contributed by atoms with van der Waals surface area (Å²) >= 11 is 0. The van der Waals surface area contributed by atoms with Crippen LogP contribution in [-0.2, 0) is 9.53 Å². The van der Waals surface area contributed by atoms with E-state index in [-0.39, 0.29) is 5.91 Å². The van der Waals surface area contributed by atoms with Gasteiger partial charge in [-0.2, -0.15) is 5.26 Å². The van der Waals surface area contributed by atoms with Gasteiger partial charge in [0.25, 0.3) is 0 Å². The molecular formula is C14H18N4O2. The van der Waals surface area contributed by atoms with Gasteiger partial charge in [0.15, 0.2) is 0 Å². The highest BCUT2D eigenvalue weighted by molar-refractivity contribution is 5.85. The number of amides is 1. The molecule has 1 saturated heterocycles. The lowest BCUT2D eigenvalue weighted by Gasteiger charge is -2.35. The highest BCUT2D eigenvalue weighted by atomic mass is 16.5. The molecule has 1 fully saturated rings. The van der Waals surface area contributed by atoms with Crippen molar-refractivity contribution in [3.8, 4) is 6.07 Å². The SMILES string of the molecule is CCNC(=O)C1COCCN1c1cc(C#N)cc(C)n1. The van der Waals surface area contributed by atoms with Gasteiger partial charge in [0, 0.05) is 18.8 Å². The zero-order valence-corrected chi connectivity index (χ0v) is 11.7. The van der Waals surface area contributed by atoms with E-state index in [1.807, 2.05) is 18.7 Å². The molecule has 1 N–H and O–H groups in total. The van der Waals surface area contributed by atoms with Crippen LogP contribution < -0.4 is 10.2 Å². The van der Waals surface area contributed by atoms with Crippen LogP contribution in [0.5, 0.6) is 0 Å². The van der Waals surface area contributed by atoms with Crippen LogP contribution >= 0.6 is 0 Å². The Morgan fingerprint density at radius 3 is 3.15 bits per heavy atom. The smallest absolute Gasteiger partial charge is 0.245 e. The Hall–Kier alpha value is -2.13. The van der Waals surface area contributed by atoms with E-state index >= 15 is 0 Å². The van der Waals surface area contributed by atoms with E-state index in [1.165, 1.54) is 0 Å². The number of aryl methyl sites for hydroxylation is 1. The molecule has 2 rings (SSSR count). The van der Waals surface area contributed by atoms with Crippen LogP contribution in [0, 0.1) is 18.3 Å². The summed E-state index contributed by atoms with van der Waals surface area (Å²) in [5.74, 6) is 0.579. The normalized spacial score (nSPS) is 18.4. The summed E-state index contributed by atoms with van der Waals surface area (Å²) in [6.45, 7) is 5.77. The molecule has 1 unspecified atom stereocenters. The van der Waals surface area contributed by atoms with Gasteiger partial charge in [-0.25, -0.2) is 4.98 Å². The van der Waals surface area contributed by atoms with E-state index in [1.54, 1.807) is 12.1 Å². The number of likely N-dealkylation sites (N-methyl/N-ethyl adjacent to an activating group) is 1. The van der Waals surface area contributed by atoms with Crippen molar-refractivity contribution >= 4 is 11.7 Å². The summed E-state index contributed by atoms with van der Waals surface area (Å²) in [4.78, 5) is 18.4. The summed E-state index contributed by atoms with van der Waals surface area (Å²) < 4.78 is 5.39. The van der Waals surface area contributed by atoms with Crippen molar-refractivity contribution in [2.24, 2.45) is 0 Å². The molecule has 1 aromatic heterocycles. The van der Waals surface area contributed by atoms with Crippen LogP contribution in [0.3, 0.4) is 0 Å². The van der Waals surface area contributed by atoms with Crippen LogP contribution in [0.1, 0.15) is 18.2 Å². The number of nitriles is 1. The molecule has 1 aliphatic heterocycles. The number of morpholine rings is 1. The molecule has 1 atom stereocenters. The zero-order chi connectivity index (χ0) is 14.5. The molecule has 0 radical (unpaired) electrons. The Labute approximate surface area is 118 Å². The number of hydrogen-bond acceptors (Lipinski definition) is 5. The summed E-state index contributed by atoms with van der Waals surface area (Å²) in [5, 5.41) is 11.8. The molecule has 1 aliphatic rings. The van der Waals surface area contributed by atoms with Gasteiger partial charge in [-0.05, 0) is 26.0 Å². The van der Waals surface area contributed by atoms with Crippen LogP contribution in [-0.4, -0.2) is 43.2 Å². The Morgan fingerprint density at radius 1 is 1.65 bits per heavy atom. The van der Waals surface area contributed by atoms with Crippen molar-refractivity contribution in [2.75, 3.05) is 31.2 Å². The highest BCUT2D eigenvalue weighted by Crippen LogP contribution is 2.19. The lowest BCUT2D eigenvalue weighted by molar-refractivity contribution is -0.124. The van der Waals surface area contributed by atoms with Gasteiger partial charge in [0.05, 0.1) is 24.8 Å². The van der Waals surface area contributed by atoms with Crippen molar-refractivity contribution in [1.29, 1.82) is 5.26 Å². The maximum absolute atomic E-state index is 12.1. The molecule has 1 aromatic rings. The van der Waals surface area contributed by atoms with Crippen molar-refractivity contribution in [2.45, 2.75) is 19.9 Å². The van der Waals surface area contributed by atoms with Gasteiger partial charge >= 0.3 is 0 Å². The predicted octanol–water partition coefficient (Wildman–Crippen LogP) is 0.603. The largest absolute Gasteiger partial charge is 0.377 e. The summed E-state index contributed by atoms with van der Waals surface area (Å²) in [6.07, 6.45) is 0. The van der Waals surface area contributed by atoms with Crippen molar-refractivity contribution in [3.05, 3.63) is 23.4 Å². The van der Waals surface area contributed by atoms with E-state index in [9.17, 15) is 4.79 Å². The second-order valence-corrected chi connectivity index (χ2v) is 4.65. The summed E-state index contributed by atoms with van der Waals surface area (Å²) in [6, 6.07) is 5.16. The topological polar surface area (TPSA) is 78.2 Å². The molecule has 0 aromatic carbocycles. The molecule has 0 bridgehead atoms. The van der Waals surface area contributed by atoms with Crippen LogP contribution in [0.4, 0.5) is 5.82 Å². The average Bonchev–Trinajstić information content (AvgIpc) is 2.46. The molecule has 0 spiro atoms. The molecule has 106 valence electrons. The molecule has 1 amide bonds. The predicted molar refractivity (Wildman–Crippen MR) is 74.3 cm³/mol. The number of nitrogens with one attached hydrogen (secondary N) is 1. The van der Waals surface area contributed by atoms with Crippen LogP contribution in [0.2, 0.25) is 0 Å². The molecule has 2 heterocycles. The third kappa shape index (κ3) is 3.06. The van der Waals surface area contributed by atoms with E-state index in [0.717, 1.165) is 5.69 Å². The van der Waals surface area contributed by atoms with Gasteiger partial charge in [0.2, 0.25) is 5.91 Å². The lowest BCUT2D eigenvalue weighted by atomic mass is 10.1. The van der Waals surface area contributed by atoms with Crippen LogP contribution in [0.25, 0.3) is 0 Å². The first-order valence-corrected chi connectivity index (χ1v) is 6.66. The Kier molecular flexibility index (Phi) is 4.53. The fourth-order valence-electron chi connectivity index (χ4n) is 2.25. The van der Waals surface area contributed by atoms with Crippen molar-refractivity contribution in [3.63, 3.8) is 0 Å². The highest BCUT2D eigenvalue weighted by Gasteiger charge is 2.30. The summed E-state index contributed by atoms with van der Waals surface area (Å²) in [7, 11) is 0. The van der Waals surface area contributed by atoms with Gasteiger partial charge in [-0.3, -0.25) is 4.79 Å². The third-order valence-corrected chi connectivity index (χ3v) is 3.15. The fourth-order valence-corrected chi connectivity index (χ4v) is 2.25. The average molecular weight is 274 g/mol. The number of ether oxygens (including phenoxy) is 1. The van der Waals surface area contributed by atoms with Gasteiger partial charge in [0.1, 0.15) is 11.9 Å². The number of carbonyl (C=O) groups is 1. The van der Waals surface area contributed by atoms with Crippen molar-refractivity contribution < 1.29 is 9.53 Å². The molecule has 0 saturated carbocycles. The summed E-state index contributed by atoms with van der Waals surface area (Å²) in [5.41, 5.74) is 1.31. The first-order chi connectivity index (χ1) is 9.65. The maximum atomic E-state index is 12.1. The quantitative estimate of drug-likeness (QED) is 0.873. The minimum absolute atomic E-state index is 0.0750. The number of anilines is 1. The van der Waals surface area contributed by atoms with E-state index in [0.29, 0.717) is 37.7 Å². The fraction of sp³-hybridized carbons (Fsp3) is 0.500. The first kappa shape index (κ1) is 14.3. The number of hydrogen-bond donors (Lipinski definition) is 1. The van der Waals surface area contributed by atoms with E-state index in [4.69, 9.17) is 10.00 Å². The van der Waals surface area contributed by atoms with E-state index < -0.39 is 6.04 Å². The van der Waals surface area contributed by atoms with Gasteiger partial charge in [-0.1, -0.05) is 0 Å². The number of carbonyl (C=O) groups excluding carboxylic acids is 1. The number of rotatable bonds is 3. The number of aromatic nitrogens is 1. The lowest BCUT2D eigenvalue weighted by Crippen LogP contribution is -2.54. The standard InChI is InChI=1S/C14H18N4O2/c1-3-16-14(19)12-9-20-5-4-18(12)13-7-11(8-15)6-10(2)17-13/h6-7,12H,3-5,9H2,1-2H3,(H,16,19). The Balaban J connectivity index is 2.30. The second-order valence-electron chi connectivity index (χ2n) is 4.65. The van der Waals surface area contributed by atoms with Crippen LogP contribution in [0.15, 0.2) is 12.1 Å². The Morgan fingerprint density at radius 2 is 2.45 bits per heavy atom. The maximum Gasteiger partial charge on any atom is 0.245 e. The molecular weight excluding hydrogens is 256 g/mol. The van der Waals surface area contributed by atoms with E-state index in [2.05, 4.69) is 16.4 Å². The Bertz CT molecular complexity index is 538. The number of nitrogens with zero attached hydrogens (tertiary/aromatic N) is 3. The minimum atomic E-state index is -0.399. The van der Waals surface area contributed by atoms with Crippen molar-refractivity contribution in [1.82, 2.24) is 10.3 Å². The molecule has 20 heavy (non-hydrogen) atoms. The molecule has 6 heteroatoms. The van der Waals surface area contributed by atoms with Gasteiger partial charge in [-0.15, -0.1) is 0 Å². The second kappa shape index (κ2) is 6.35. The zero-order valence-electron chi connectivity index (χ0n) is 11.7. The third-order valence-electron chi connectivity index (χ3n) is 3.15. The molecule has 6 nitrogen and oxygen atoms in total. The number of pyridine rings is 1. The minimum Gasteiger partial charge on any atom is -0.377 e. The monoisotopic (exact) mass is 274 g/mol.